The minimum atomic E-state index is -0.974. The minimum absolute atomic E-state index is 0.289. The van der Waals surface area contributed by atoms with Gasteiger partial charge in [0, 0.05) is 18.6 Å². The lowest BCUT2D eigenvalue weighted by molar-refractivity contribution is -0.149. The summed E-state index contributed by atoms with van der Waals surface area (Å²) in [7, 11) is 1.60. The summed E-state index contributed by atoms with van der Waals surface area (Å²) in [4.78, 5) is 16.5. The topological polar surface area (TPSA) is 86.2 Å². The molecule has 0 saturated carbocycles. The van der Waals surface area contributed by atoms with E-state index in [0.29, 0.717) is 30.4 Å². The largest absolute Gasteiger partial charge is 0.496 e. The van der Waals surface area contributed by atoms with E-state index in [2.05, 4.69) is 5.48 Å². The van der Waals surface area contributed by atoms with Crippen molar-refractivity contribution >= 4 is 11.7 Å². The Morgan fingerprint density at radius 2 is 1.83 bits per heavy atom. The average molecular weight is 401 g/mol. The molecule has 0 radical (unpaired) electrons. The number of carboxylic acid groups (broad SMARTS) is 1. The fourth-order valence-electron chi connectivity index (χ4n) is 2.62. The molecule has 0 bridgehead atoms. The smallest absolute Gasteiger partial charge is 0.333 e. The Kier molecular flexibility index (Phi) is 9.01. The first-order chi connectivity index (χ1) is 14.1. The van der Waals surface area contributed by atoms with Crippen LogP contribution < -0.4 is 15.0 Å². The molecule has 0 fully saturated rings. The van der Waals surface area contributed by atoms with E-state index in [1.807, 2.05) is 43.3 Å². The summed E-state index contributed by atoms with van der Waals surface area (Å²) in [6, 6.07) is 14.7. The SMILES string of the molecule is CCONC(=COc1ccc(CC(OCC)C(=O)O)cc1)c1ccccc1OC. The molecule has 0 heterocycles. The first-order valence-electron chi connectivity index (χ1n) is 9.40. The van der Waals surface area contributed by atoms with Crippen LogP contribution >= 0.6 is 0 Å². The average Bonchev–Trinajstić information content (AvgIpc) is 2.74. The van der Waals surface area contributed by atoms with Crippen molar-refractivity contribution in [1.82, 2.24) is 5.48 Å². The van der Waals surface area contributed by atoms with Gasteiger partial charge in [0.25, 0.3) is 0 Å². The number of hydrogen-bond acceptors (Lipinski definition) is 6. The Morgan fingerprint density at radius 1 is 1.10 bits per heavy atom. The number of aliphatic carboxylic acids is 1. The van der Waals surface area contributed by atoms with E-state index in [-0.39, 0.29) is 6.42 Å². The van der Waals surface area contributed by atoms with Crippen molar-refractivity contribution in [2.45, 2.75) is 26.4 Å². The summed E-state index contributed by atoms with van der Waals surface area (Å²) < 4.78 is 16.4. The number of para-hydroxylation sites is 1. The van der Waals surface area contributed by atoms with Crippen LogP contribution in [0.2, 0.25) is 0 Å². The van der Waals surface area contributed by atoms with E-state index in [4.69, 9.17) is 19.0 Å². The van der Waals surface area contributed by atoms with E-state index in [0.717, 1.165) is 11.1 Å². The van der Waals surface area contributed by atoms with Crippen molar-refractivity contribution in [2.24, 2.45) is 0 Å². The highest BCUT2D eigenvalue weighted by Crippen LogP contribution is 2.25. The maximum atomic E-state index is 11.2. The Hall–Kier alpha value is -3.03. The molecular weight excluding hydrogens is 374 g/mol. The number of nitrogens with one attached hydrogen (secondary N) is 1. The van der Waals surface area contributed by atoms with Crippen LogP contribution in [-0.2, 0) is 20.8 Å². The van der Waals surface area contributed by atoms with Gasteiger partial charge >= 0.3 is 5.97 Å². The highest BCUT2D eigenvalue weighted by Gasteiger charge is 2.17. The van der Waals surface area contributed by atoms with Gasteiger partial charge in [-0.15, -0.1) is 0 Å². The molecule has 2 aromatic carbocycles. The quantitative estimate of drug-likeness (QED) is 0.415. The highest BCUT2D eigenvalue weighted by molar-refractivity contribution is 5.72. The summed E-state index contributed by atoms with van der Waals surface area (Å²) in [5.41, 5.74) is 5.12. The second kappa shape index (κ2) is 11.7. The van der Waals surface area contributed by atoms with Gasteiger partial charge in [0.05, 0.1) is 13.7 Å². The van der Waals surface area contributed by atoms with Gasteiger partial charge in [0.2, 0.25) is 0 Å². The number of benzene rings is 2. The van der Waals surface area contributed by atoms with Gasteiger partial charge < -0.3 is 19.3 Å². The second-order valence-electron chi connectivity index (χ2n) is 6.02. The fraction of sp³-hybridized carbons (Fsp3) is 0.318. The Morgan fingerprint density at radius 3 is 2.45 bits per heavy atom. The monoisotopic (exact) mass is 401 g/mol. The molecule has 0 aliphatic rings. The van der Waals surface area contributed by atoms with Gasteiger partial charge in [0.15, 0.2) is 6.10 Å². The van der Waals surface area contributed by atoms with Crippen molar-refractivity contribution in [3.05, 3.63) is 65.9 Å². The van der Waals surface area contributed by atoms with Crippen molar-refractivity contribution in [1.29, 1.82) is 0 Å². The molecule has 0 aromatic heterocycles. The molecule has 1 unspecified atom stereocenters. The fourth-order valence-corrected chi connectivity index (χ4v) is 2.62. The number of hydroxylamine groups is 1. The zero-order valence-corrected chi connectivity index (χ0v) is 16.9. The third kappa shape index (κ3) is 6.81. The molecule has 2 rings (SSSR count). The van der Waals surface area contributed by atoms with E-state index in [1.54, 1.807) is 32.4 Å². The van der Waals surface area contributed by atoms with Crippen LogP contribution in [0, 0.1) is 0 Å². The van der Waals surface area contributed by atoms with Crippen LogP contribution in [0.4, 0.5) is 0 Å². The molecule has 0 spiro atoms. The van der Waals surface area contributed by atoms with E-state index >= 15 is 0 Å². The zero-order chi connectivity index (χ0) is 21.1. The number of carbonyl (C=O) groups is 1. The van der Waals surface area contributed by atoms with Crippen LogP contribution in [0.25, 0.3) is 5.70 Å². The van der Waals surface area contributed by atoms with Gasteiger partial charge in [-0.05, 0) is 43.7 Å². The summed E-state index contributed by atoms with van der Waals surface area (Å²) in [6.07, 6.45) is 0.972. The molecule has 0 aliphatic heterocycles. The number of hydrogen-bond donors (Lipinski definition) is 2. The molecular formula is C22H27NO6. The standard InChI is InChI=1S/C22H27NO6/c1-4-27-21(22(24)25)14-16-10-12-17(13-11-16)28-15-19(23-29-5-2)18-8-6-7-9-20(18)26-3/h6-13,15,21,23H,4-5,14H2,1-3H3,(H,24,25). The molecule has 7 nitrogen and oxygen atoms in total. The van der Waals surface area contributed by atoms with Gasteiger partial charge in [-0.3, -0.25) is 10.3 Å². The molecule has 0 aliphatic carbocycles. The first-order valence-corrected chi connectivity index (χ1v) is 9.40. The number of carboxylic acids is 1. The van der Waals surface area contributed by atoms with Crippen LogP contribution in [0.5, 0.6) is 11.5 Å². The van der Waals surface area contributed by atoms with Crippen molar-refractivity contribution < 1.29 is 28.9 Å². The molecule has 2 N–H and O–H groups in total. The third-order valence-corrected chi connectivity index (χ3v) is 4.02. The van der Waals surface area contributed by atoms with Crippen LogP contribution in [0.15, 0.2) is 54.8 Å². The number of rotatable bonds is 12. The number of methoxy groups -OCH3 is 1. The lowest BCUT2D eigenvalue weighted by Gasteiger charge is -2.14. The normalized spacial score (nSPS) is 12.3. The summed E-state index contributed by atoms with van der Waals surface area (Å²) >= 11 is 0. The minimum Gasteiger partial charge on any atom is -0.496 e. The molecule has 156 valence electrons. The van der Waals surface area contributed by atoms with Crippen LogP contribution in [-0.4, -0.2) is 37.5 Å². The molecule has 7 heteroatoms. The molecule has 0 saturated heterocycles. The third-order valence-electron chi connectivity index (χ3n) is 4.02. The van der Waals surface area contributed by atoms with E-state index in [1.165, 1.54) is 0 Å². The Balaban J connectivity index is 2.13. The molecule has 2 aromatic rings. The molecule has 1 atom stereocenters. The molecule has 0 amide bonds. The predicted octanol–water partition coefficient (Wildman–Crippen LogP) is 3.65. The maximum Gasteiger partial charge on any atom is 0.333 e. The Labute approximate surface area is 170 Å². The second-order valence-corrected chi connectivity index (χ2v) is 6.02. The summed E-state index contributed by atoms with van der Waals surface area (Å²) in [6.45, 7) is 4.47. The van der Waals surface area contributed by atoms with Gasteiger partial charge in [-0.2, -0.15) is 0 Å². The Bertz CT molecular complexity index is 803. The van der Waals surface area contributed by atoms with Crippen molar-refractivity contribution in [2.75, 3.05) is 20.3 Å². The lowest BCUT2D eigenvalue weighted by Crippen LogP contribution is -2.26. The highest BCUT2D eigenvalue weighted by atomic mass is 16.6. The summed E-state index contributed by atoms with van der Waals surface area (Å²) in [5, 5.41) is 9.20. The van der Waals surface area contributed by atoms with Crippen molar-refractivity contribution in [3.8, 4) is 11.5 Å². The van der Waals surface area contributed by atoms with Crippen LogP contribution in [0.1, 0.15) is 25.0 Å². The summed E-state index contributed by atoms with van der Waals surface area (Å²) in [5.74, 6) is 0.307. The van der Waals surface area contributed by atoms with Crippen LogP contribution in [0.3, 0.4) is 0 Å². The van der Waals surface area contributed by atoms with Crippen molar-refractivity contribution in [3.63, 3.8) is 0 Å². The number of ether oxygens (including phenoxy) is 3. The lowest BCUT2D eigenvalue weighted by atomic mass is 10.1. The zero-order valence-electron chi connectivity index (χ0n) is 16.9. The van der Waals surface area contributed by atoms with E-state index in [9.17, 15) is 9.90 Å². The maximum absolute atomic E-state index is 11.2. The van der Waals surface area contributed by atoms with Gasteiger partial charge in [-0.25, -0.2) is 4.79 Å². The molecule has 29 heavy (non-hydrogen) atoms. The van der Waals surface area contributed by atoms with Gasteiger partial charge in [0.1, 0.15) is 23.5 Å². The first kappa shape index (κ1) is 22.3. The van der Waals surface area contributed by atoms with Gasteiger partial charge in [-0.1, -0.05) is 24.3 Å². The van der Waals surface area contributed by atoms with E-state index < -0.39 is 12.1 Å². The predicted molar refractivity (Wildman–Crippen MR) is 110 cm³/mol.